The van der Waals surface area contributed by atoms with E-state index in [9.17, 15) is 0 Å². The number of halogens is 1. The Morgan fingerprint density at radius 1 is 1.29 bits per heavy atom. The van der Waals surface area contributed by atoms with Gasteiger partial charge < -0.3 is 5.32 Å². The summed E-state index contributed by atoms with van der Waals surface area (Å²) in [6.07, 6.45) is 2.73. The van der Waals surface area contributed by atoms with Gasteiger partial charge in [-0.15, -0.1) is 0 Å². The molecule has 2 aromatic rings. The van der Waals surface area contributed by atoms with Crippen LogP contribution in [-0.2, 0) is 6.54 Å². The number of hydrogen-bond acceptors (Lipinski definition) is 4. The summed E-state index contributed by atoms with van der Waals surface area (Å²) < 4.78 is 1.98. The summed E-state index contributed by atoms with van der Waals surface area (Å²) in [5.41, 5.74) is 3.91. The van der Waals surface area contributed by atoms with Gasteiger partial charge in [0.2, 0.25) is 0 Å². The van der Waals surface area contributed by atoms with Gasteiger partial charge in [-0.2, -0.15) is 15.3 Å². The molecule has 0 aromatic carbocycles. The molecule has 0 aliphatic rings. The monoisotopic (exact) mass is 307 g/mol. The molecule has 1 atom stereocenters. The molecule has 0 spiro atoms. The largest absolute Gasteiger partial charge is 0.305 e. The summed E-state index contributed by atoms with van der Waals surface area (Å²) in [5.74, 6) is 0. The van der Waals surface area contributed by atoms with Crippen molar-refractivity contribution < 1.29 is 0 Å². The lowest BCUT2D eigenvalue weighted by Crippen LogP contribution is -2.26. The molecule has 0 saturated heterocycles. The summed E-state index contributed by atoms with van der Waals surface area (Å²) >= 11 is 6.39. The van der Waals surface area contributed by atoms with E-state index in [1.165, 1.54) is 0 Å². The van der Waals surface area contributed by atoms with Gasteiger partial charge in [-0.05, 0) is 32.9 Å². The Morgan fingerprint density at radius 3 is 2.71 bits per heavy atom. The molecule has 6 heteroatoms. The van der Waals surface area contributed by atoms with Crippen LogP contribution in [-0.4, -0.2) is 26.5 Å². The number of hydrogen-bond donors (Lipinski definition) is 1. The van der Waals surface area contributed by atoms with Crippen LogP contribution in [0.15, 0.2) is 12.3 Å². The molecule has 2 heterocycles. The van der Waals surface area contributed by atoms with Crippen molar-refractivity contribution >= 4 is 11.6 Å². The van der Waals surface area contributed by atoms with Gasteiger partial charge in [-0.3, -0.25) is 4.68 Å². The maximum absolute atomic E-state index is 6.39. The van der Waals surface area contributed by atoms with Crippen LogP contribution in [0.2, 0.25) is 5.02 Å². The van der Waals surface area contributed by atoms with Crippen LogP contribution in [0, 0.1) is 13.8 Å². The van der Waals surface area contributed by atoms with Crippen LogP contribution in [0.3, 0.4) is 0 Å². The Bertz CT molecular complexity index is 608. The van der Waals surface area contributed by atoms with Gasteiger partial charge >= 0.3 is 0 Å². The first kappa shape index (κ1) is 15.9. The van der Waals surface area contributed by atoms with E-state index in [0.29, 0.717) is 5.02 Å². The van der Waals surface area contributed by atoms with Crippen molar-refractivity contribution in [3.05, 3.63) is 39.9 Å². The third kappa shape index (κ3) is 3.41. The Balaban J connectivity index is 2.53. The van der Waals surface area contributed by atoms with E-state index in [2.05, 4.69) is 40.5 Å². The van der Waals surface area contributed by atoms with Crippen LogP contribution in [0.1, 0.15) is 49.0 Å². The number of aryl methyl sites for hydroxylation is 3. The first-order valence-electron chi connectivity index (χ1n) is 7.33. The second kappa shape index (κ2) is 7.00. The minimum absolute atomic E-state index is 0.0225. The molecular formula is C15H22ClN5. The molecule has 21 heavy (non-hydrogen) atoms. The molecule has 2 aromatic heterocycles. The first-order chi connectivity index (χ1) is 10.1. The maximum atomic E-state index is 6.39. The second-order valence-electron chi connectivity index (χ2n) is 5.12. The van der Waals surface area contributed by atoms with Gasteiger partial charge in [-0.25, -0.2) is 0 Å². The zero-order valence-corrected chi connectivity index (χ0v) is 13.8. The van der Waals surface area contributed by atoms with Gasteiger partial charge in [0.1, 0.15) is 0 Å². The highest BCUT2D eigenvalue weighted by atomic mass is 35.5. The summed E-state index contributed by atoms with van der Waals surface area (Å²) in [6.45, 7) is 9.81. The highest BCUT2D eigenvalue weighted by molar-refractivity contribution is 6.31. The van der Waals surface area contributed by atoms with Crippen molar-refractivity contribution in [3.63, 3.8) is 0 Å². The predicted octanol–water partition coefficient (Wildman–Crippen LogP) is 3.05. The van der Waals surface area contributed by atoms with E-state index >= 15 is 0 Å². The minimum atomic E-state index is -0.0225. The van der Waals surface area contributed by atoms with Crippen LogP contribution in [0.5, 0.6) is 0 Å². The Morgan fingerprint density at radius 2 is 2.05 bits per heavy atom. The molecule has 0 fully saturated rings. The van der Waals surface area contributed by atoms with E-state index in [1.807, 2.05) is 18.5 Å². The molecule has 0 radical (unpaired) electrons. The molecular weight excluding hydrogens is 286 g/mol. The van der Waals surface area contributed by atoms with E-state index in [-0.39, 0.29) is 6.04 Å². The van der Waals surface area contributed by atoms with Crippen molar-refractivity contribution in [1.82, 2.24) is 25.3 Å². The number of aromatic nitrogens is 4. The molecule has 0 saturated carbocycles. The highest BCUT2D eigenvalue weighted by Gasteiger charge is 2.23. The lowest BCUT2D eigenvalue weighted by atomic mass is 10.0. The summed E-state index contributed by atoms with van der Waals surface area (Å²) in [4.78, 5) is 0. The highest BCUT2D eigenvalue weighted by Crippen LogP contribution is 2.29. The number of rotatable bonds is 6. The van der Waals surface area contributed by atoms with Crippen LogP contribution in [0.25, 0.3) is 0 Å². The summed E-state index contributed by atoms with van der Waals surface area (Å²) in [5, 5.41) is 16.9. The molecule has 5 nitrogen and oxygen atoms in total. The third-order valence-corrected chi connectivity index (χ3v) is 3.69. The third-order valence-electron chi connectivity index (χ3n) is 3.40. The minimum Gasteiger partial charge on any atom is -0.305 e. The Labute approximate surface area is 130 Å². The second-order valence-corrected chi connectivity index (χ2v) is 5.53. The molecule has 114 valence electrons. The first-order valence-corrected chi connectivity index (χ1v) is 7.71. The van der Waals surface area contributed by atoms with Gasteiger partial charge in [-0.1, -0.05) is 25.4 Å². The van der Waals surface area contributed by atoms with E-state index in [1.54, 1.807) is 6.20 Å². The maximum Gasteiger partial charge on any atom is 0.0837 e. The molecule has 2 rings (SSSR count). The molecule has 0 amide bonds. The van der Waals surface area contributed by atoms with Crippen molar-refractivity contribution in [2.45, 2.75) is 46.7 Å². The summed E-state index contributed by atoms with van der Waals surface area (Å²) in [6, 6.07) is 2.04. The number of nitrogens with zero attached hydrogens (tertiary/aromatic N) is 4. The van der Waals surface area contributed by atoms with Crippen molar-refractivity contribution in [2.24, 2.45) is 0 Å². The van der Waals surface area contributed by atoms with Crippen LogP contribution >= 0.6 is 11.6 Å². The lowest BCUT2D eigenvalue weighted by molar-refractivity contribution is 0.517. The zero-order valence-electron chi connectivity index (χ0n) is 13.0. The van der Waals surface area contributed by atoms with E-state index in [0.717, 1.165) is 42.2 Å². The molecule has 1 N–H and O–H groups in total. The van der Waals surface area contributed by atoms with Gasteiger partial charge in [0.15, 0.2) is 0 Å². The normalized spacial score (nSPS) is 12.6. The Hall–Kier alpha value is -1.46. The molecule has 0 aliphatic heterocycles. The standard InChI is InChI=1S/C15H22ClN5/c1-5-7-21-15(13(16)9-18-21)14(17-6-2)12-8-10(3)19-20-11(12)4/h8-9,14,17H,5-7H2,1-4H3. The van der Waals surface area contributed by atoms with E-state index in [4.69, 9.17) is 11.6 Å². The quantitative estimate of drug-likeness (QED) is 0.891. The molecule has 1 unspecified atom stereocenters. The fourth-order valence-electron chi connectivity index (χ4n) is 2.47. The lowest BCUT2D eigenvalue weighted by Gasteiger charge is -2.21. The van der Waals surface area contributed by atoms with Crippen molar-refractivity contribution in [2.75, 3.05) is 6.54 Å². The number of nitrogens with one attached hydrogen (secondary N) is 1. The smallest absolute Gasteiger partial charge is 0.0837 e. The van der Waals surface area contributed by atoms with Gasteiger partial charge in [0.25, 0.3) is 0 Å². The zero-order chi connectivity index (χ0) is 15.4. The average molecular weight is 308 g/mol. The van der Waals surface area contributed by atoms with Crippen LogP contribution in [0.4, 0.5) is 0 Å². The Kier molecular flexibility index (Phi) is 5.31. The van der Waals surface area contributed by atoms with Gasteiger partial charge in [0.05, 0.1) is 34.3 Å². The van der Waals surface area contributed by atoms with Crippen LogP contribution < -0.4 is 5.32 Å². The fraction of sp³-hybridized carbons (Fsp3) is 0.533. The fourth-order valence-corrected chi connectivity index (χ4v) is 2.72. The molecule has 0 bridgehead atoms. The summed E-state index contributed by atoms with van der Waals surface area (Å²) in [7, 11) is 0. The van der Waals surface area contributed by atoms with Crippen molar-refractivity contribution in [3.8, 4) is 0 Å². The average Bonchev–Trinajstić information content (AvgIpc) is 2.81. The van der Waals surface area contributed by atoms with Crippen molar-refractivity contribution in [1.29, 1.82) is 0 Å². The van der Waals surface area contributed by atoms with Gasteiger partial charge in [0, 0.05) is 12.1 Å². The molecule has 0 aliphatic carbocycles. The predicted molar refractivity (Wildman–Crippen MR) is 84.6 cm³/mol. The van der Waals surface area contributed by atoms with E-state index < -0.39 is 0 Å². The SMILES string of the molecule is CCCn1ncc(Cl)c1C(NCC)c1cc(C)nnc1C. The topological polar surface area (TPSA) is 55.6 Å².